The monoisotopic (exact) mass is 305 g/mol. The Morgan fingerprint density at radius 1 is 1.00 bits per heavy atom. The van der Waals surface area contributed by atoms with E-state index >= 15 is 0 Å². The summed E-state index contributed by atoms with van der Waals surface area (Å²) in [6.45, 7) is 0. The van der Waals surface area contributed by atoms with E-state index in [-0.39, 0.29) is 59.6 Å². The summed E-state index contributed by atoms with van der Waals surface area (Å²) < 4.78 is 0. The fourth-order valence-corrected chi connectivity index (χ4v) is 0. The number of rotatable bonds is 0. The Bertz CT molecular complexity index is 8.00. The molecular weight excluding hydrogens is 301 g/mol. The fraction of sp³-hybridized carbons (Fsp3) is 0. The van der Waals surface area contributed by atoms with Gasteiger partial charge in [0.25, 0.3) is 0 Å². The van der Waals surface area contributed by atoms with Gasteiger partial charge in [0.1, 0.15) is 0 Å². The van der Waals surface area contributed by atoms with E-state index in [1.165, 1.54) is 0 Å². The molecule has 0 aromatic heterocycles. The van der Waals surface area contributed by atoms with Crippen molar-refractivity contribution in [2.75, 3.05) is 0 Å². The van der Waals surface area contributed by atoms with Crippen molar-refractivity contribution in [2.45, 2.75) is 0 Å². The Labute approximate surface area is 59.3 Å². The van der Waals surface area contributed by atoms with Crippen LogP contribution in [0.5, 0.6) is 0 Å². The Morgan fingerprint density at radius 3 is 1.00 bits per heavy atom. The Balaban J connectivity index is 0. The normalized spacial score (nSPS) is 0. The van der Waals surface area contributed by atoms with Crippen LogP contribution in [-0.4, -0.2) is 40.1 Å². The molecule has 2 N–H and O–H groups in total. The third-order valence-electron chi connectivity index (χ3n) is 0. The molecule has 0 aliphatic carbocycles. The van der Waals surface area contributed by atoms with Crippen molar-refractivity contribution in [3.8, 4) is 0 Å². The summed E-state index contributed by atoms with van der Waals surface area (Å²) >= 11 is 0. The van der Waals surface area contributed by atoms with E-state index in [0.717, 1.165) is 0 Å². The molecule has 0 aromatic rings. The molecular formula is H5BBiOZn. The molecule has 0 spiro atoms. The maximum atomic E-state index is 0. The fourth-order valence-electron chi connectivity index (χ4n) is 0. The van der Waals surface area contributed by atoms with Gasteiger partial charge in [-0.05, 0) is 0 Å². The van der Waals surface area contributed by atoms with Crippen LogP contribution in [0.25, 0.3) is 0 Å². The average Bonchev–Trinajstić information content (AvgIpc) is 0. The summed E-state index contributed by atoms with van der Waals surface area (Å²) in [5.74, 6) is 0. The summed E-state index contributed by atoms with van der Waals surface area (Å²) in [4.78, 5) is 0. The minimum Gasteiger partial charge on any atom is 0 e. The molecule has 0 aromatic carbocycles. The minimum absolute atomic E-state index is 0. The van der Waals surface area contributed by atoms with Gasteiger partial charge >= 0.3 is 26.2 Å². The quantitative estimate of drug-likeness (QED) is 0.447. The molecule has 0 aliphatic rings. The van der Waals surface area contributed by atoms with E-state index in [0.29, 0.717) is 0 Å². The van der Waals surface area contributed by atoms with Crippen LogP contribution < -0.4 is 0 Å². The Kier molecular flexibility index (Phi) is 292. The van der Waals surface area contributed by atoms with Crippen molar-refractivity contribution >= 4 is 34.6 Å². The molecule has 21 valence electrons. The Hall–Kier alpha value is 1.53. The molecule has 0 heterocycles. The second-order valence-electron chi connectivity index (χ2n) is 0. The molecule has 0 saturated carbocycles. The molecule has 0 rings (SSSR count). The first-order valence-electron chi connectivity index (χ1n) is 0. The molecule has 0 saturated heterocycles. The molecule has 1 nitrogen and oxygen atoms in total. The van der Waals surface area contributed by atoms with Crippen molar-refractivity contribution in [3.63, 3.8) is 0 Å². The maximum absolute atomic E-state index is 0. The topological polar surface area (TPSA) is 31.5 Å². The molecule has 0 atom stereocenters. The standard InChI is InChI=1S/B.Bi.H2O.Zn.3H/h;;1H2;;;;. The van der Waals surface area contributed by atoms with Gasteiger partial charge in [0, 0.05) is 27.9 Å². The van der Waals surface area contributed by atoms with E-state index in [1.807, 2.05) is 0 Å². The molecule has 4 heteroatoms. The summed E-state index contributed by atoms with van der Waals surface area (Å²) in [6.07, 6.45) is 0. The van der Waals surface area contributed by atoms with Gasteiger partial charge in [-0.2, -0.15) is 0 Å². The SMILES string of the molecule is O.[B].[BiH3].[Zn]. The van der Waals surface area contributed by atoms with Crippen LogP contribution in [0.2, 0.25) is 0 Å². The minimum atomic E-state index is 0. The second kappa shape index (κ2) is 24.1. The molecule has 0 aliphatic heterocycles. The number of hydrogen-bond donors (Lipinski definition) is 0. The first-order valence-corrected chi connectivity index (χ1v) is 0. The molecule has 0 fully saturated rings. The van der Waals surface area contributed by atoms with E-state index in [9.17, 15) is 0 Å². The predicted octanol–water partition coefficient (Wildman–Crippen LogP) is -2.39. The van der Waals surface area contributed by atoms with Crippen molar-refractivity contribution in [1.82, 2.24) is 0 Å². The zero-order valence-electron chi connectivity index (χ0n) is 2.49. The van der Waals surface area contributed by atoms with Gasteiger partial charge in [-0.15, -0.1) is 0 Å². The molecule has 0 amide bonds. The zero-order valence-corrected chi connectivity index (χ0v) is 11.0. The van der Waals surface area contributed by atoms with E-state index < -0.39 is 0 Å². The van der Waals surface area contributed by atoms with Crippen LogP contribution in [-0.2, 0) is 19.5 Å². The van der Waals surface area contributed by atoms with Gasteiger partial charge in [0.2, 0.25) is 0 Å². The summed E-state index contributed by atoms with van der Waals surface area (Å²) in [5, 5.41) is 0. The van der Waals surface area contributed by atoms with Gasteiger partial charge in [-0.1, -0.05) is 0 Å². The van der Waals surface area contributed by atoms with Crippen LogP contribution >= 0.6 is 0 Å². The van der Waals surface area contributed by atoms with Gasteiger partial charge < -0.3 is 5.48 Å². The van der Waals surface area contributed by atoms with Gasteiger partial charge in [0.15, 0.2) is 0 Å². The van der Waals surface area contributed by atoms with Crippen molar-refractivity contribution in [3.05, 3.63) is 0 Å². The maximum Gasteiger partial charge on any atom is 0 e. The first kappa shape index (κ1) is 48.4. The van der Waals surface area contributed by atoms with Gasteiger partial charge in [0.05, 0.1) is 0 Å². The van der Waals surface area contributed by atoms with E-state index in [4.69, 9.17) is 0 Å². The zero-order chi connectivity index (χ0) is 0. The van der Waals surface area contributed by atoms with Gasteiger partial charge in [-0.25, -0.2) is 0 Å². The van der Waals surface area contributed by atoms with Crippen LogP contribution in [0.4, 0.5) is 0 Å². The predicted molar refractivity (Wildman–Crippen MR) is 19.3 cm³/mol. The van der Waals surface area contributed by atoms with Crippen molar-refractivity contribution in [1.29, 1.82) is 0 Å². The first-order chi connectivity index (χ1) is 0. The molecule has 0 unspecified atom stereocenters. The third kappa shape index (κ3) is 9.65. The van der Waals surface area contributed by atoms with Crippen LogP contribution in [0.15, 0.2) is 0 Å². The van der Waals surface area contributed by atoms with Crippen LogP contribution in [0, 0.1) is 0 Å². The van der Waals surface area contributed by atoms with Gasteiger partial charge in [-0.3, -0.25) is 0 Å². The number of hydrogen-bond acceptors (Lipinski definition) is 0. The average molecular weight is 306 g/mol. The van der Waals surface area contributed by atoms with E-state index in [1.54, 1.807) is 0 Å². The van der Waals surface area contributed by atoms with Crippen molar-refractivity contribution in [2.24, 2.45) is 0 Å². The van der Waals surface area contributed by atoms with Crippen LogP contribution in [0.1, 0.15) is 0 Å². The van der Waals surface area contributed by atoms with Crippen molar-refractivity contribution < 1.29 is 25.0 Å². The summed E-state index contributed by atoms with van der Waals surface area (Å²) in [6, 6.07) is 0. The molecule has 0 bridgehead atoms. The van der Waals surface area contributed by atoms with Crippen LogP contribution in [0.3, 0.4) is 0 Å². The van der Waals surface area contributed by atoms with E-state index in [2.05, 4.69) is 0 Å². The summed E-state index contributed by atoms with van der Waals surface area (Å²) in [5.41, 5.74) is 0. The molecule has 4 heavy (non-hydrogen) atoms. The smallest absolute Gasteiger partial charge is 0 e. The summed E-state index contributed by atoms with van der Waals surface area (Å²) in [7, 11) is 0. The largest absolute Gasteiger partial charge is 0 e. The Morgan fingerprint density at radius 2 is 1.00 bits per heavy atom. The third-order valence-corrected chi connectivity index (χ3v) is 0. The second-order valence-corrected chi connectivity index (χ2v) is 0. The molecule has 3 radical (unpaired) electrons.